The Labute approximate surface area is 65.3 Å². The van der Waals surface area contributed by atoms with Gasteiger partial charge in [0.2, 0.25) is 0 Å². The van der Waals surface area contributed by atoms with Crippen molar-refractivity contribution in [3.05, 3.63) is 0 Å². The van der Waals surface area contributed by atoms with Crippen LogP contribution >= 0.6 is 0 Å². The summed E-state index contributed by atoms with van der Waals surface area (Å²) in [5.74, 6) is 1.81. The standard InChI is InChI=1S/C7H16NOS/c1-8(2)4-3-6-10(9)7-5-8/h3-7H2,1-2H3/q+1. The van der Waals surface area contributed by atoms with Crippen LogP contribution in [0.25, 0.3) is 0 Å². The fourth-order valence-electron chi connectivity index (χ4n) is 1.22. The second-order valence-corrected chi connectivity index (χ2v) is 5.28. The van der Waals surface area contributed by atoms with Gasteiger partial charge in [0.25, 0.3) is 0 Å². The number of rotatable bonds is 0. The summed E-state index contributed by atoms with van der Waals surface area (Å²) in [7, 11) is 3.90. The molecule has 1 aliphatic heterocycles. The molecule has 2 nitrogen and oxygen atoms in total. The van der Waals surface area contributed by atoms with E-state index in [2.05, 4.69) is 14.1 Å². The summed E-state index contributed by atoms with van der Waals surface area (Å²) >= 11 is 0. The van der Waals surface area contributed by atoms with Crippen molar-refractivity contribution in [1.82, 2.24) is 0 Å². The lowest BCUT2D eigenvalue weighted by molar-refractivity contribution is -0.887. The van der Waals surface area contributed by atoms with Crippen molar-refractivity contribution < 1.29 is 8.69 Å². The highest BCUT2D eigenvalue weighted by Gasteiger charge is 2.20. The van der Waals surface area contributed by atoms with E-state index < -0.39 is 10.8 Å². The molecule has 0 N–H and O–H groups in total. The normalized spacial score (nSPS) is 33.2. The first-order valence-corrected chi connectivity index (χ1v) is 5.26. The number of quaternary nitrogens is 1. The average Bonchev–Trinajstić information content (AvgIpc) is 1.94. The molecule has 1 fully saturated rings. The van der Waals surface area contributed by atoms with Gasteiger partial charge in [0.15, 0.2) is 0 Å². The lowest BCUT2D eigenvalue weighted by atomic mass is 10.4. The zero-order chi connectivity index (χ0) is 7.61. The van der Waals surface area contributed by atoms with Crippen LogP contribution in [0.2, 0.25) is 0 Å². The molecular weight excluding hydrogens is 146 g/mol. The van der Waals surface area contributed by atoms with Crippen LogP contribution in [0.15, 0.2) is 0 Å². The van der Waals surface area contributed by atoms with Crippen LogP contribution in [-0.2, 0) is 10.8 Å². The first-order valence-electron chi connectivity index (χ1n) is 3.77. The smallest absolute Gasteiger partial charge is 0.0899 e. The van der Waals surface area contributed by atoms with Gasteiger partial charge in [-0.15, -0.1) is 0 Å². The average molecular weight is 162 g/mol. The molecule has 0 aromatic rings. The Morgan fingerprint density at radius 1 is 1.20 bits per heavy atom. The number of hydrogen-bond acceptors (Lipinski definition) is 1. The number of hydrogen-bond donors (Lipinski definition) is 0. The monoisotopic (exact) mass is 162 g/mol. The van der Waals surface area contributed by atoms with Crippen molar-refractivity contribution in [3.63, 3.8) is 0 Å². The Bertz CT molecular complexity index is 145. The highest BCUT2D eigenvalue weighted by Crippen LogP contribution is 2.05. The molecule has 0 aromatic carbocycles. The van der Waals surface area contributed by atoms with Gasteiger partial charge in [-0.05, 0) is 0 Å². The van der Waals surface area contributed by atoms with Crippen molar-refractivity contribution in [2.24, 2.45) is 0 Å². The van der Waals surface area contributed by atoms with E-state index in [1.807, 2.05) is 0 Å². The van der Waals surface area contributed by atoms with Gasteiger partial charge < -0.3 is 4.48 Å². The molecule has 0 radical (unpaired) electrons. The molecule has 0 amide bonds. The molecule has 0 aromatic heterocycles. The van der Waals surface area contributed by atoms with E-state index in [0.29, 0.717) is 0 Å². The molecule has 0 spiro atoms. The molecule has 0 bridgehead atoms. The van der Waals surface area contributed by atoms with Crippen LogP contribution in [0.3, 0.4) is 0 Å². The fourth-order valence-corrected chi connectivity index (χ4v) is 2.57. The van der Waals surface area contributed by atoms with Crippen LogP contribution < -0.4 is 0 Å². The maximum Gasteiger partial charge on any atom is 0.0899 e. The van der Waals surface area contributed by atoms with Gasteiger partial charge in [-0.2, -0.15) is 0 Å². The van der Waals surface area contributed by atoms with E-state index in [0.717, 1.165) is 29.0 Å². The SMILES string of the molecule is C[N+]1(C)CCCS(=O)CC1. The summed E-state index contributed by atoms with van der Waals surface area (Å²) in [6.07, 6.45) is 1.12. The van der Waals surface area contributed by atoms with Crippen molar-refractivity contribution in [3.8, 4) is 0 Å². The maximum atomic E-state index is 11.1. The molecule has 0 saturated carbocycles. The zero-order valence-corrected chi connectivity index (χ0v) is 7.62. The number of nitrogens with zero attached hydrogens (tertiary/aromatic N) is 1. The molecule has 3 heteroatoms. The molecule has 60 valence electrons. The van der Waals surface area contributed by atoms with Gasteiger partial charge in [0.05, 0.1) is 32.9 Å². The fraction of sp³-hybridized carbons (Fsp3) is 1.00. The van der Waals surface area contributed by atoms with Gasteiger partial charge in [0.1, 0.15) is 0 Å². The molecule has 0 aliphatic carbocycles. The lowest BCUT2D eigenvalue weighted by Crippen LogP contribution is -2.41. The second-order valence-electron chi connectivity index (χ2n) is 3.58. The highest BCUT2D eigenvalue weighted by molar-refractivity contribution is 7.84. The molecule has 1 saturated heterocycles. The van der Waals surface area contributed by atoms with Crippen molar-refractivity contribution in [2.45, 2.75) is 6.42 Å². The summed E-state index contributed by atoms with van der Waals surface area (Å²) in [5.41, 5.74) is 0. The Hall–Kier alpha value is 0.110. The van der Waals surface area contributed by atoms with E-state index in [-0.39, 0.29) is 0 Å². The molecular formula is C7H16NOS+. The van der Waals surface area contributed by atoms with E-state index in [1.165, 1.54) is 6.54 Å². The van der Waals surface area contributed by atoms with Crippen molar-refractivity contribution in [2.75, 3.05) is 38.7 Å². The van der Waals surface area contributed by atoms with E-state index in [9.17, 15) is 4.21 Å². The zero-order valence-electron chi connectivity index (χ0n) is 6.80. The molecule has 1 aliphatic rings. The first-order chi connectivity index (χ1) is 4.60. The van der Waals surface area contributed by atoms with Gasteiger partial charge >= 0.3 is 0 Å². The van der Waals surface area contributed by atoms with Crippen LogP contribution in [0.4, 0.5) is 0 Å². The predicted octanol–water partition coefficient (Wildman–Crippen LogP) is 0.215. The summed E-state index contributed by atoms with van der Waals surface area (Å²) in [6.45, 7) is 2.26. The van der Waals surface area contributed by atoms with Gasteiger partial charge in [-0.1, -0.05) is 0 Å². The van der Waals surface area contributed by atoms with Crippen LogP contribution in [0, 0.1) is 0 Å². The van der Waals surface area contributed by atoms with Crippen molar-refractivity contribution in [1.29, 1.82) is 0 Å². The van der Waals surface area contributed by atoms with E-state index in [4.69, 9.17) is 0 Å². The second kappa shape index (κ2) is 3.01. The van der Waals surface area contributed by atoms with Crippen molar-refractivity contribution >= 4 is 10.8 Å². The molecule has 10 heavy (non-hydrogen) atoms. The van der Waals surface area contributed by atoms with Gasteiger partial charge in [0, 0.05) is 23.0 Å². The summed E-state index contributed by atoms with van der Waals surface area (Å²) < 4.78 is 12.1. The minimum atomic E-state index is -0.520. The van der Waals surface area contributed by atoms with Gasteiger partial charge in [-0.3, -0.25) is 4.21 Å². The Morgan fingerprint density at radius 2 is 1.90 bits per heavy atom. The minimum absolute atomic E-state index is 0.520. The molecule has 1 heterocycles. The van der Waals surface area contributed by atoms with E-state index in [1.54, 1.807) is 0 Å². The third kappa shape index (κ3) is 2.39. The van der Waals surface area contributed by atoms with Crippen LogP contribution in [-0.4, -0.2) is 47.4 Å². The predicted molar refractivity (Wildman–Crippen MR) is 44.3 cm³/mol. The quantitative estimate of drug-likeness (QED) is 0.466. The van der Waals surface area contributed by atoms with Gasteiger partial charge in [-0.25, -0.2) is 0 Å². The van der Waals surface area contributed by atoms with E-state index >= 15 is 0 Å². The first kappa shape index (κ1) is 8.21. The largest absolute Gasteiger partial charge is 0.328 e. The third-order valence-electron chi connectivity index (χ3n) is 2.06. The lowest BCUT2D eigenvalue weighted by Gasteiger charge is -2.27. The molecule has 1 rings (SSSR count). The Morgan fingerprint density at radius 3 is 2.60 bits per heavy atom. The Kier molecular flexibility index (Phi) is 2.47. The molecule has 1 atom stereocenters. The Balaban J connectivity index is 2.48. The summed E-state index contributed by atoms with van der Waals surface area (Å²) in [4.78, 5) is 0. The summed E-state index contributed by atoms with van der Waals surface area (Å²) in [6, 6.07) is 0. The third-order valence-corrected chi connectivity index (χ3v) is 3.44. The van der Waals surface area contributed by atoms with Crippen LogP contribution in [0.5, 0.6) is 0 Å². The highest BCUT2D eigenvalue weighted by atomic mass is 32.2. The summed E-state index contributed by atoms with van der Waals surface area (Å²) in [5, 5.41) is 0. The minimum Gasteiger partial charge on any atom is -0.328 e. The maximum absolute atomic E-state index is 11.1. The topological polar surface area (TPSA) is 17.1 Å². The van der Waals surface area contributed by atoms with Crippen LogP contribution in [0.1, 0.15) is 6.42 Å². The molecule has 1 unspecified atom stereocenters.